The van der Waals surface area contributed by atoms with Crippen LogP contribution in [0.4, 0.5) is 0 Å². The van der Waals surface area contributed by atoms with E-state index >= 15 is 0 Å². The first kappa shape index (κ1) is 14.2. The Bertz CT molecular complexity index is 479. The minimum Gasteiger partial charge on any atom is -0.478 e. The molecule has 0 atom stereocenters. The molecule has 2 heterocycles. The van der Waals surface area contributed by atoms with Crippen molar-refractivity contribution in [1.82, 2.24) is 4.90 Å². The number of thiophene rings is 1. The summed E-state index contributed by atoms with van der Waals surface area (Å²) in [6, 6.07) is 1.97. The molecule has 0 aromatic carbocycles. The van der Waals surface area contributed by atoms with E-state index in [1.807, 2.05) is 11.4 Å². The fraction of sp³-hybridized carbons (Fsp3) is 0.500. The summed E-state index contributed by atoms with van der Waals surface area (Å²) in [4.78, 5) is 14.2. The highest BCUT2D eigenvalue weighted by Crippen LogP contribution is 2.26. The quantitative estimate of drug-likeness (QED) is 0.861. The third-order valence-electron chi connectivity index (χ3n) is 3.34. The molecule has 1 fully saturated rings. The van der Waals surface area contributed by atoms with E-state index in [2.05, 4.69) is 18.7 Å². The Balaban J connectivity index is 2.11. The third kappa shape index (κ3) is 3.65. The van der Waals surface area contributed by atoms with Crippen LogP contribution in [0.15, 0.2) is 17.5 Å². The molecule has 19 heavy (non-hydrogen) atoms. The number of rotatable bonds is 4. The highest BCUT2D eigenvalue weighted by Gasteiger charge is 2.30. The van der Waals surface area contributed by atoms with Gasteiger partial charge < -0.3 is 9.84 Å². The van der Waals surface area contributed by atoms with Crippen LogP contribution in [0.5, 0.6) is 0 Å². The molecule has 104 valence electrons. The topological polar surface area (TPSA) is 49.8 Å². The highest BCUT2D eigenvalue weighted by molar-refractivity contribution is 7.10. The summed E-state index contributed by atoms with van der Waals surface area (Å²) in [5.74, 6) is -0.913. The zero-order valence-corrected chi connectivity index (χ0v) is 12.1. The Morgan fingerprint density at radius 3 is 3.11 bits per heavy atom. The summed E-state index contributed by atoms with van der Waals surface area (Å²) < 4.78 is 5.51. The lowest BCUT2D eigenvalue weighted by Crippen LogP contribution is -2.52. The van der Waals surface area contributed by atoms with Crippen molar-refractivity contribution >= 4 is 23.4 Å². The summed E-state index contributed by atoms with van der Waals surface area (Å²) in [6.07, 6.45) is 2.86. The first-order valence-corrected chi connectivity index (χ1v) is 7.17. The molecule has 1 aliphatic rings. The number of carboxylic acids is 1. The standard InChI is InChI=1S/C14H19NO3S/c1-14(2)10-18-7-6-15(14)9-12-11(5-8-19-12)3-4-13(16)17/h3-5,8H,6-7,9-10H2,1-2H3,(H,16,17)/b4-3+. The number of aliphatic carboxylic acids is 1. The van der Waals surface area contributed by atoms with Gasteiger partial charge in [0.2, 0.25) is 0 Å². The number of nitrogens with zero attached hydrogens (tertiary/aromatic N) is 1. The van der Waals surface area contributed by atoms with Crippen LogP contribution >= 0.6 is 11.3 Å². The van der Waals surface area contributed by atoms with Crippen molar-refractivity contribution in [3.05, 3.63) is 28.0 Å². The van der Waals surface area contributed by atoms with Gasteiger partial charge in [0.05, 0.1) is 13.2 Å². The largest absolute Gasteiger partial charge is 0.478 e. The molecule has 0 amide bonds. The summed E-state index contributed by atoms with van der Waals surface area (Å²) in [7, 11) is 0. The van der Waals surface area contributed by atoms with Gasteiger partial charge in [0.25, 0.3) is 0 Å². The van der Waals surface area contributed by atoms with Gasteiger partial charge in [-0.1, -0.05) is 0 Å². The molecular formula is C14H19NO3S. The number of hydrogen-bond donors (Lipinski definition) is 1. The van der Waals surface area contributed by atoms with E-state index in [0.29, 0.717) is 0 Å². The summed E-state index contributed by atoms with van der Waals surface area (Å²) >= 11 is 1.67. The van der Waals surface area contributed by atoms with Crippen LogP contribution in [-0.2, 0) is 16.1 Å². The molecule has 0 spiro atoms. The lowest BCUT2D eigenvalue weighted by molar-refractivity contribution is -0.131. The van der Waals surface area contributed by atoms with Crippen molar-refractivity contribution in [3.8, 4) is 0 Å². The van der Waals surface area contributed by atoms with Gasteiger partial charge in [0.15, 0.2) is 0 Å². The molecule has 0 unspecified atom stereocenters. The second-order valence-electron chi connectivity index (χ2n) is 5.26. The lowest BCUT2D eigenvalue weighted by atomic mass is 10.0. The highest BCUT2D eigenvalue weighted by atomic mass is 32.1. The van der Waals surface area contributed by atoms with E-state index in [1.165, 1.54) is 11.0 Å². The van der Waals surface area contributed by atoms with E-state index in [-0.39, 0.29) is 5.54 Å². The van der Waals surface area contributed by atoms with Crippen molar-refractivity contribution in [3.63, 3.8) is 0 Å². The van der Waals surface area contributed by atoms with Gasteiger partial charge in [-0.2, -0.15) is 0 Å². The maximum Gasteiger partial charge on any atom is 0.328 e. The lowest BCUT2D eigenvalue weighted by Gasteiger charge is -2.42. The molecule has 0 saturated carbocycles. The van der Waals surface area contributed by atoms with E-state index in [4.69, 9.17) is 9.84 Å². The number of carboxylic acid groups (broad SMARTS) is 1. The third-order valence-corrected chi connectivity index (χ3v) is 4.26. The van der Waals surface area contributed by atoms with Crippen molar-refractivity contribution in [2.24, 2.45) is 0 Å². The van der Waals surface area contributed by atoms with E-state index < -0.39 is 5.97 Å². The van der Waals surface area contributed by atoms with E-state index in [9.17, 15) is 4.79 Å². The molecule has 1 N–H and O–H groups in total. The minimum atomic E-state index is -0.913. The molecule has 1 saturated heterocycles. The number of hydrogen-bond acceptors (Lipinski definition) is 4. The van der Waals surface area contributed by atoms with Gasteiger partial charge in [-0.15, -0.1) is 11.3 Å². The fourth-order valence-electron chi connectivity index (χ4n) is 2.15. The van der Waals surface area contributed by atoms with Gasteiger partial charge in [0, 0.05) is 29.6 Å². The van der Waals surface area contributed by atoms with Crippen molar-refractivity contribution in [2.75, 3.05) is 19.8 Å². The zero-order chi connectivity index (χ0) is 13.9. The molecule has 1 aliphatic heterocycles. The Hall–Kier alpha value is -1.17. The Morgan fingerprint density at radius 2 is 2.42 bits per heavy atom. The molecule has 4 nitrogen and oxygen atoms in total. The van der Waals surface area contributed by atoms with Gasteiger partial charge >= 0.3 is 5.97 Å². The second kappa shape index (κ2) is 5.86. The Morgan fingerprint density at radius 1 is 1.63 bits per heavy atom. The summed E-state index contributed by atoms with van der Waals surface area (Å²) in [5, 5.41) is 10.7. The van der Waals surface area contributed by atoms with E-state index in [0.717, 1.165) is 31.9 Å². The van der Waals surface area contributed by atoms with Crippen LogP contribution in [0.1, 0.15) is 24.3 Å². The summed E-state index contributed by atoms with van der Waals surface area (Å²) in [5.41, 5.74) is 1.02. The van der Waals surface area contributed by atoms with Crippen LogP contribution in [0, 0.1) is 0 Å². The molecule has 0 aliphatic carbocycles. The SMILES string of the molecule is CC1(C)COCCN1Cc1sccc1/C=C/C(=O)O. The van der Waals surface area contributed by atoms with Crippen molar-refractivity contribution in [1.29, 1.82) is 0 Å². The van der Waals surface area contributed by atoms with Gasteiger partial charge in [0.1, 0.15) is 0 Å². The summed E-state index contributed by atoms with van der Waals surface area (Å²) in [6.45, 7) is 7.59. The fourth-order valence-corrected chi connectivity index (χ4v) is 3.03. The Labute approximate surface area is 117 Å². The molecule has 0 radical (unpaired) electrons. The number of ether oxygens (including phenoxy) is 1. The van der Waals surface area contributed by atoms with Gasteiger partial charge in [-0.25, -0.2) is 4.79 Å². The monoisotopic (exact) mass is 281 g/mol. The molecule has 2 rings (SSSR count). The molecule has 1 aromatic rings. The van der Waals surface area contributed by atoms with Crippen LogP contribution in [-0.4, -0.2) is 41.3 Å². The predicted octanol–water partition coefficient (Wildman–Crippen LogP) is 2.46. The van der Waals surface area contributed by atoms with E-state index in [1.54, 1.807) is 17.4 Å². The maximum absolute atomic E-state index is 10.6. The van der Waals surface area contributed by atoms with Crippen molar-refractivity contribution < 1.29 is 14.6 Å². The number of morpholine rings is 1. The second-order valence-corrected chi connectivity index (χ2v) is 6.26. The molecular weight excluding hydrogens is 262 g/mol. The normalized spacial score (nSPS) is 19.9. The molecule has 1 aromatic heterocycles. The predicted molar refractivity (Wildman–Crippen MR) is 76.3 cm³/mol. The Kier molecular flexibility index (Phi) is 4.39. The van der Waals surface area contributed by atoms with Gasteiger partial charge in [-0.3, -0.25) is 4.90 Å². The zero-order valence-electron chi connectivity index (χ0n) is 11.3. The van der Waals surface area contributed by atoms with Crippen LogP contribution in [0.2, 0.25) is 0 Å². The first-order valence-electron chi connectivity index (χ1n) is 6.29. The first-order chi connectivity index (χ1) is 8.99. The average molecular weight is 281 g/mol. The molecule has 0 bridgehead atoms. The minimum absolute atomic E-state index is 0.0238. The number of carbonyl (C=O) groups is 1. The molecule has 5 heteroatoms. The van der Waals surface area contributed by atoms with Crippen LogP contribution in [0.3, 0.4) is 0 Å². The smallest absolute Gasteiger partial charge is 0.328 e. The average Bonchev–Trinajstić information content (AvgIpc) is 2.76. The van der Waals surface area contributed by atoms with Crippen molar-refractivity contribution in [2.45, 2.75) is 25.9 Å². The van der Waals surface area contributed by atoms with Gasteiger partial charge in [-0.05, 0) is 36.9 Å². The van der Waals surface area contributed by atoms with Crippen LogP contribution in [0.25, 0.3) is 6.08 Å². The van der Waals surface area contributed by atoms with Crippen LogP contribution < -0.4 is 0 Å². The maximum atomic E-state index is 10.6.